The second-order valence-electron chi connectivity index (χ2n) is 7.33. The highest BCUT2D eigenvalue weighted by Crippen LogP contribution is 2.41. The third-order valence-corrected chi connectivity index (χ3v) is 4.90. The zero-order valence-corrected chi connectivity index (χ0v) is 13.5. The molecule has 0 radical (unpaired) electrons. The Morgan fingerprint density at radius 2 is 1.95 bits per heavy atom. The summed E-state index contributed by atoms with van der Waals surface area (Å²) >= 11 is 0. The second kappa shape index (κ2) is 6.02. The molecule has 0 aromatic carbocycles. The summed E-state index contributed by atoms with van der Waals surface area (Å²) in [6.07, 6.45) is 4.74. The number of hydrogen-bond donors (Lipinski definition) is 2. The zero-order chi connectivity index (χ0) is 14.9. The molecule has 2 atom stereocenters. The molecule has 0 aromatic rings. The van der Waals surface area contributed by atoms with E-state index in [2.05, 4.69) is 37.9 Å². The van der Waals surface area contributed by atoms with Gasteiger partial charge in [-0.05, 0) is 57.9 Å². The third kappa shape index (κ3) is 3.17. The van der Waals surface area contributed by atoms with Crippen LogP contribution in [0.2, 0.25) is 0 Å². The first-order valence-corrected chi connectivity index (χ1v) is 8.18. The van der Waals surface area contributed by atoms with E-state index >= 15 is 0 Å². The van der Waals surface area contributed by atoms with Crippen molar-refractivity contribution < 1.29 is 4.79 Å². The molecule has 2 unspecified atom stereocenters. The Morgan fingerprint density at radius 3 is 2.40 bits per heavy atom. The largest absolute Gasteiger partial charge is 0.368 e. The van der Waals surface area contributed by atoms with Crippen LogP contribution in [0.15, 0.2) is 0 Å². The van der Waals surface area contributed by atoms with Gasteiger partial charge in [0.25, 0.3) is 0 Å². The Balaban J connectivity index is 2.16. The van der Waals surface area contributed by atoms with Gasteiger partial charge in [-0.15, -0.1) is 0 Å². The van der Waals surface area contributed by atoms with Gasteiger partial charge in [-0.2, -0.15) is 0 Å². The highest BCUT2D eigenvalue weighted by Gasteiger charge is 2.51. The van der Waals surface area contributed by atoms with Crippen molar-refractivity contribution in [1.29, 1.82) is 0 Å². The number of nitrogens with zero attached hydrogens (tertiary/aromatic N) is 1. The van der Waals surface area contributed by atoms with Gasteiger partial charge in [0.15, 0.2) is 0 Å². The van der Waals surface area contributed by atoms with Crippen molar-refractivity contribution >= 4 is 5.91 Å². The van der Waals surface area contributed by atoms with E-state index in [0.717, 1.165) is 25.9 Å². The molecule has 20 heavy (non-hydrogen) atoms. The topological polar surface area (TPSA) is 58.4 Å². The van der Waals surface area contributed by atoms with E-state index in [1.807, 2.05) is 0 Å². The summed E-state index contributed by atoms with van der Waals surface area (Å²) in [5.41, 5.74) is 5.31. The van der Waals surface area contributed by atoms with Gasteiger partial charge in [0.2, 0.25) is 5.91 Å². The molecule has 116 valence electrons. The monoisotopic (exact) mass is 281 g/mol. The summed E-state index contributed by atoms with van der Waals surface area (Å²) in [6.45, 7) is 10.6. The standard InChI is InChI=1S/C16H31N3O/c1-11(2)14-6-5-9-19(14)10-16(15(17)20,13-7-8-13)18-12(3)4/h11-14,18H,5-10H2,1-4H3,(H2,17,20). The lowest BCUT2D eigenvalue weighted by Gasteiger charge is -2.40. The van der Waals surface area contributed by atoms with Gasteiger partial charge in [-0.25, -0.2) is 0 Å². The van der Waals surface area contributed by atoms with Crippen LogP contribution in [-0.4, -0.2) is 41.5 Å². The van der Waals surface area contributed by atoms with Crippen molar-refractivity contribution in [2.45, 2.75) is 71.0 Å². The van der Waals surface area contributed by atoms with E-state index in [-0.39, 0.29) is 11.9 Å². The number of primary amides is 1. The highest BCUT2D eigenvalue weighted by molar-refractivity contribution is 5.86. The predicted octanol–water partition coefficient (Wildman–Crippen LogP) is 1.74. The number of carbonyl (C=O) groups is 1. The van der Waals surface area contributed by atoms with Crippen molar-refractivity contribution in [2.75, 3.05) is 13.1 Å². The molecule has 1 aliphatic carbocycles. The van der Waals surface area contributed by atoms with Gasteiger partial charge in [0, 0.05) is 18.6 Å². The molecule has 0 bridgehead atoms. The lowest BCUT2D eigenvalue weighted by atomic mass is 9.89. The minimum Gasteiger partial charge on any atom is -0.368 e. The first-order valence-electron chi connectivity index (χ1n) is 8.18. The molecule has 1 saturated heterocycles. The Bertz CT molecular complexity index is 352. The Kier molecular flexibility index (Phi) is 4.75. The quantitative estimate of drug-likeness (QED) is 0.747. The van der Waals surface area contributed by atoms with E-state index in [1.54, 1.807) is 0 Å². The molecule has 2 rings (SSSR count). The molecular weight excluding hydrogens is 250 g/mol. The van der Waals surface area contributed by atoms with Gasteiger partial charge >= 0.3 is 0 Å². The smallest absolute Gasteiger partial charge is 0.239 e. The molecule has 4 heteroatoms. The van der Waals surface area contributed by atoms with Gasteiger partial charge in [0.05, 0.1) is 0 Å². The molecule has 2 aliphatic rings. The van der Waals surface area contributed by atoms with Crippen molar-refractivity contribution in [3.8, 4) is 0 Å². The number of amides is 1. The minimum absolute atomic E-state index is 0.164. The van der Waals surface area contributed by atoms with Crippen molar-refractivity contribution in [3.05, 3.63) is 0 Å². The molecule has 1 amide bonds. The molecular formula is C16H31N3O. The summed E-state index contributed by atoms with van der Waals surface area (Å²) in [6, 6.07) is 0.879. The fourth-order valence-corrected chi connectivity index (χ4v) is 3.86. The maximum absolute atomic E-state index is 12.2. The van der Waals surface area contributed by atoms with Crippen LogP contribution in [0, 0.1) is 11.8 Å². The molecule has 1 heterocycles. The van der Waals surface area contributed by atoms with Crippen LogP contribution >= 0.6 is 0 Å². The Morgan fingerprint density at radius 1 is 1.30 bits per heavy atom. The summed E-state index contributed by atoms with van der Waals surface area (Å²) in [7, 11) is 0. The van der Waals surface area contributed by atoms with Crippen LogP contribution in [0.25, 0.3) is 0 Å². The lowest BCUT2D eigenvalue weighted by molar-refractivity contribution is -0.126. The highest BCUT2D eigenvalue weighted by atomic mass is 16.1. The lowest BCUT2D eigenvalue weighted by Crippen LogP contribution is -2.65. The van der Waals surface area contributed by atoms with E-state index < -0.39 is 5.54 Å². The van der Waals surface area contributed by atoms with E-state index in [9.17, 15) is 4.79 Å². The maximum Gasteiger partial charge on any atom is 0.239 e. The van der Waals surface area contributed by atoms with Gasteiger partial charge in [0.1, 0.15) is 5.54 Å². The maximum atomic E-state index is 12.2. The van der Waals surface area contributed by atoms with Gasteiger partial charge < -0.3 is 5.73 Å². The minimum atomic E-state index is -0.522. The average molecular weight is 281 g/mol. The fourth-order valence-electron chi connectivity index (χ4n) is 3.86. The molecule has 0 aromatic heterocycles. The fraction of sp³-hybridized carbons (Fsp3) is 0.938. The van der Waals surface area contributed by atoms with Crippen LogP contribution in [0.3, 0.4) is 0 Å². The first-order chi connectivity index (χ1) is 9.36. The number of hydrogen-bond acceptors (Lipinski definition) is 3. The van der Waals surface area contributed by atoms with E-state index in [4.69, 9.17) is 5.73 Å². The van der Waals surface area contributed by atoms with Crippen LogP contribution in [-0.2, 0) is 4.79 Å². The first kappa shape index (κ1) is 15.8. The molecule has 1 saturated carbocycles. The molecule has 4 nitrogen and oxygen atoms in total. The van der Waals surface area contributed by atoms with Gasteiger partial charge in [-0.1, -0.05) is 13.8 Å². The Labute approximate surface area is 123 Å². The number of nitrogens with two attached hydrogens (primary N) is 1. The summed E-state index contributed by atoms with van der Waals surface area (Å²) in [5.74, 6) is 0.903. The van der Waals surface area contributed by atoms with E-state index in [1.165, 1.54) is 12.8 Å². The summed E-state index contributed by atoms with van der Waals surface area (Å²) in [4.78, 5) is 14.7. The van der Waals surface area contributed by atoms with Crippen LogP contribution in [0.5, 0.6) is 0 Å². The SMILES string of the molecule is CC(C)NC(CN1CCCC1C(C)C)(C(N)=O)C1CC1. The third-order valence-electron chi connectivity index (χ3n) is 4.90. The number of rotatable bonds is 7. The van der Waals surface area contributed by atoms with Gasteiger partial charge in [-0.3, -0.25) is 15.0 Å². The number of nitrogens with one attached hydrogen (secondary N) is 1. The van der Waals surface area contributed by atoms with Crippen LogP contribution in [0.4, 0.5) is 0 Å². The number of carbonyl (C=O) groups excluding carboxylic acids is 1. The average Bonchev–Trinajstić information content (AvgIpc) is 3.08. The van der Waals surface area contributed by atoms with Crippen molar-refractivity contribution in [3.63, 3.8) is 0 Å². The number of likely N-dealkylation sites (tertiary alicyclic amines) is 1. The molecule has 1 aliphatic heterocycles. The van der Waals surface area contributed by atoms with Crippen molar-refractivity contribution in [1.82, 2.24) is 10.2 Å². The molecule has 3 N–H and O–H groups in total. The van der Waals surface area contributed by atoms with E-state index in [0.29, 0.717) is 17.9 Å². The summed E-state index contributed by atoms with van der Waals surface area (Å²) in [5, 5.41) is 3.52. The second-order valence-corrected chi connectivity index (χ2v) is 7.33. The van der Waals surface area contributed by atoms with Crippen LogP contribution in [0.1, 0.15) is 53.4 Å². The predicted molar refractivity (Wildman–Crippen MR) is 82.4 cm³/mol. The summed E-state index contributed by atoms with van der Waals surface area (Å²) < 4.78 is 0. The Hall–Kier alpha value is -0.610. The zero-order valence-electron chi connectivity index (χ0n) is 13.5. The normalized spacial score (nSPS) is 27.2. The molecule has 0 spiro atoms. The van der Waals surface area contributed by atoms with Crippen LogP contribution < -0.4 is 11.1 Å². The molecule has 2 fully saturated rings. The van der Waals surface area contributed by atoms with Crippen molar-refractivity contribution in [2.24, 2.45) is 17.6 Å².